The van der Waals surface area contributed by atoms with E-state index in [-0.39, 0.29) is 6.10 Å². The zero-order chi connectivity index (χ0) is 25.9. The topological polar surface area (TPSA) is 24.9 Å². The van der Waals surface area contributed by atoms with E-state index >= 15 is 0 Å². The minimum absolute atomic E-state index is 0.0939. The van der Waals surface area contributed by atoms with Crippen LogP contribution in [0, 0.1) is 5.92 Å². The molecular weight excluding hydrogens is 468 g/mol. The van der Waals surface area contributed by atoms with Crippen molar-refractivity contribution in [3.63, 3.8) is 0 Å². The average molecular weight is 504 g/mol. The number of hydrogen-bond donors (Lipinski definition) is 0. The number of anilines is 2. The Bertz CT molecular complexity index is 1350. The number of benzene rings is 3. The summed E-state index contributed by atoms with van der Waals surface area (Å²) in [6, 6.07) is 25.7. The van der Waals surface area contributed by atoms with Crippen LogP contribution in [0.1, 0.15) is 30.0 Å². The lowest BCUT2D eigenvalue weighted by molar-refractivity contribution is 0.0793. The monoisotopic (exact) mass is 503 g/mol. The summed E-state index contributed by atoms with van der Waals surface area (Å²) in [4.78, 5) is 4.60. The molecule has 1 radical (unpaired) electrons. The molecule has 1 fully saturated rings. The van der Waals surface area contributed by atoms with Gasteiger partial charge in [-0.05, 0) is 65.8 Å². The van der Waals surface area contributed by atoms with Gasteiger partial charge in [-0.3, -0.25) is 0 Å². The minimum atomic E-state index is 0.0939. The molecule has 0 spiro atoms. The summed E-state index contributed by atoms with van der Waals surface area (Å²) >= 11 is 0. The van der Waals surface area contributed by atoms with Crippen molar-refractivity contribution < 1.29 is 9.47 Å². The molecule has 38 heavy (non-hydrogen) atoms. The Labute approximate surface area is 226 Å². The Kier molecular flexibility index (Phi) is 7.06. The van der Waals surface area contributed by atoms with E-state index in [0.29, 0.717) is 13.5 Å². The lowest BCUT2D eigenvalue weighted by Crippen LogP contribution is -2.42. The maximum absolute atomic E-state index is 6.37. The predicted molar refractivity (Wildman–Crippen MR) is 155 cm³/mol. The van der Waals surface area contributed by atoms with Crippen LogP contribution in [0.4, 0.5) is 11.4 Å². The van der Waals surface area contributed by atoms with E-state index in [9.17, 15) is 0 Å². The fraction of sp³-hybridized carbons (Fsp3) is 0.265. The Balaban J connectivity index is 1.27. The standard InChI is InChI=1S/C34H35N2O2/c1-3-11-28-18-26(20-30-22-36(24-38-34(28)30)32-14-9-6-10-15-32)16-25-17-27(4-2)33-29(19-25)21-35(23-37-33)31-12-7-5-8-13-31/h3,5-10,12-15,17-20,33H,1,4,11,16,21-24H2,2H3. The number of nitrogens with zero attached hydrogens (tertiary/aromatic N) is 2. The number of rotatable bonds is 7. The minimum Gasteiger partial charge on any atom is -0.472 e. The summed E-state index contributed by atoms with van der Waals surface area (Å²) in [5, 5.41) is 0. The van der Waals surface area contributed by atoms with Gasteiger partial charge in [0.05, 0.1) is 0 Å². The highest BCUT2D eigenvalue weighted by molar-refractivity contribution is 5.55. The SMILES string of the molecule is C=CCc1cc(C[C]2C=C(CC)C3OCN(c4ccccc4)CC3=C2)cc2c1OCN(c1ccccc1)C2. The smallest absolute Gasteiger partial charge is 0.161 e. The highest BCUT2D eigenvalue weighted by Gasteiger charge is 2.31. The van der Waals surface area contributed by atoms with Crippen LogP contribution in [0.2, 0.25) is 0 Å². The first-order chi connectivity index (χ1) is 18.7. The van der Waals surface area contributed by atoms with Gasteiger partial charge in [0.25, 0.3) is 0 Å². The summed E-state index contributed by atoms with van der Waals surface area (Å²) in [5.41, 5.74) is 8.87. The number of fused-ring (bicyclic) bond motifs is 2. The van der Waals surface area contributed by atoms with Crippen molar-refractivity contribution in [1.29, 1.82) is 0 Å². The lowest BCUT2D eigenvalue weighted by Gasteiger charge is -2.39. The molecule has 3 aromatic carbocycles. The van der Waals surface area contributed by atoms with Gasteiger partial charge in [0, 0.05) is 35.9 Å². The molecule has 193 valence electrons. The van der Waals surface area contributed by atoms with Crippen molar-refractivity contribution >= 4 is 11.4 Å². The van der Waals surface area contributed by atoms with E-state index in [1.165, 1.54) is 45.1 Å². The lowest BCUT2D eigenvalue weighted by atomic mass is 9.83. The van der Waals surface area contributed by atoms with Gasteiger partial charge in [-0.2, -0.15) is 0 Å². The molecule has 0 saturated carbocycles. The molecule has 2 aliphatic heterocycles. The van der Waals surface area contributed by atoms with Crippen LogP contribution in [0.25, 0.3) is 0 Å². The molecule has 0 bridgehead atoms. The van der Waals surface area contributed by atoms with Crippen LogP contribution in [0.15, 0.2) is 109 Å². The Morgan fingerprint density at radius 1 is 0.895 bits per heavy atom. The van der Waals surface area contributed by atoms with E-state index in [1.807, 2.05) is 6.08 Å². The first kappa shape index (κ1) is 24.6. The highest BCUT2D eigenvalue weighted by atomic mass is 16.5. The van der Waals surface area contributed by atoms with E-state index in [4.69, 9.17) is 9.47 Å². The largest absolute Gasteiger partial charge is 0.472 e. The van der Waals surface area contributed by atoms with Gasteiger partial charge in [-0.15, -0.1) is 6.58 Å². The third-order valence-corrected chi connectivity index (χ3v) is 7.64. The second-order valence-corrected chi connectivity index (χ2v) is 10.3. The molecule has 1 atom stereocenters. The summed E-state index contributed by atoms with van der Waals surface area (Å²) in [5.74, 6) is 2.37. The number of allylic oxidation sites excluding steroid dienone is 3. The summed E-state index contributed by atoms with van der Waals surface area (Å²) in [6.45, 7) is 9.14. The normalized spacial score (nSPS) is 19.1. The van der Waals surface area contributed by atoms with Crippen LogP contribution in [0.5, 0.6) is 5.75 Å². The van der Waals surface area contributed by atoms with Crippen molar-refractivity contribution in [1.82, 2.24) is 0 Å². The van der Waals surface area contributed by atoms with Crippen LogP contribution in [-0.4, -0.2) is 26.1 Å². The van der Waals surface area contributed by atoms with E-state index in [2.05, 4.69) is 108 Å². The fourth-order valence-corrected chi connectivity index (χ4v) is 5.85. The fourth-order valence-electron chi connectivity index (χ4n) is 5.85. The first-order valence-corrected chi connectivity index (χ1v) is 13.6. The number of hydrogen-bond acceptors (Lipinski definition) is 4. The van der Waals surface area contributed by atoms with Crippen LogP contribution in [-0.2, 0) is 24.1 Å². The molecular formula is C34H35N2O2. The highest BCUT2D eigenvalue weighted by Crippen LogP contribution is 2.37. The molecule has 3 aliphatic rings. The molecule has 1 aliphatic carbocycles. The molecule has 6 rings (SSSR count). The van der Waals surface area contributed by atoms with Crippen molar-refractivity contribution in [3.05, 3.63) is 131 Å². The van der Waals surface area contributed by atoms with Gasteiger partial charge in [-0.1, -0.05) is 73.7 Å². The average Bonchev–Trinajstić information content (AvgIpc) is 2.97. The van der Waals surface area contributed by atoms with Gasteiger partial charge in [0.2, 0.25) is 0 Å². The van der Waals surface area contributed by atoms with Crippen molar-refractivity contribution in [2.75, 3.05) is 29.8 Å². The van der Waals surface area contributed by atoms with Crippen molar-refractivity contribution in [2.45, 2.75) is 38.8 Å². The van der Waals surface area contributed by atoms with Crippen LogP contribution >= 0.6 is 0 Å². The maximum atomic E-state index is 6.37. The molecule has 0 N–H and O–H groups in total. The molecule has 0 amide bonds. The quantitative estimate of drug-likeness (QED) is 0.323. The zero-order valence-corrected chi connectivity index (χ0v) is 22.1. The van der Waals surface area contributed by atoms with E-state index < -0.39 is 0 Å². The number of para-hydroxylation sites is 2. The first-order valence-electron chi connectivity index (χ1n) is 13.6. The Morgan fingerprint density at radius 3 is 2.29 bits per heavy atom. The Hall–Kier alpha value is -3.76. The molecule has 2 heterocycles. The third kappa shape index (κ3) is 5.01. The van der Waals surface area contributed by atoms with Gasteiger partial charge < -0.3 is 19.3 Å². The second kappa shape index (κ2) is 10.9. The van der Waals surface area contributed by atoms with Crippen molar-refractivity contribution in [3.8, 4) is 5.75 Å². The molecule has 4 nitrogen and oxygen atoms in total. The molecule has 1 saturated heterocycles. The van der Waals surface area contributed by atoms with Gasteiger partial charge in [0.15, 0.2) is 6.73 Å². The van der Waals surface area contributed by atoms with E-state index in [0.717, 1.165) is 38.1 Å². The molecule has 3 aromatic rings. The molecule has 4 heteroatoms. The zero-order valence-electron chi connectivity index (χ0n) is 22.1. The van der Waals surface area contributed by atoms with Gasteiger partial charge >= 0.3 is 0 Å². The molecule has 0 aromatic heterocycles. The van der Waals surface area contributed by atoms with Crippen LogP contribution in [0.3, 0.4) is 0 Å². The second-order valence-electron chi connectivity index (χ2n) is 10.3. The summed E-state index contributed by atoms with van der Waals surface area (Å²) in [7, 11) is 0. The van der Waals surface area contributed by atoms with Crippen LogP contribution < -0.4 is 14.5 Å². The van der Waals surface area contributed by atoms with E-state index in [1.54, 1.807) is 0 Å². The molecule has 1 unspecified atom stereocenters. The summed E-state index contributed by atoms with van der Waals surface area (Å²) < 4.78 is 12.7. The van der Waals surface area contributed by atoms with Gasteiger partial charge in [-0.25, -0.2) is 0 Å². The van der Waals surface area contributed by atoms with Crippen molar-refractivity contribution in [2.24, 2.45) is 0 Å². The number of ether oxygens (including phenoxy) is 2. The Morgan fingerprint density at radius 2 is 1.61 bits per heavy atom. The predicted octanol–water partition coefficient (Wildman–Crippen LogP) is 7.03. The maximum Gasteiger partial charge on any atom is 0.161 e. The summed E-state index contributed by atoms with van der Waals surface area (Å²) in [6.07, 6.45) is 9.48. The third-order valence-electron chi connectivity index (χ3n) is 7.64. The van der Waals surface area contributed by atoms with Gasteiger partial charge in [0.1, 0.15) is 18.6 Å².